The highest BCUT2D eigenvalue weighted by Crippen LogP contribution is 2.12. The Bertz CT molecular complexity index is 844. The summed E-state index contributed by atoms with van der Waals surface area (Å²) in [4.78, 5) is 13.3. The summed E-state index contributed by atoms with van der Waals surface area (Å²) in [5, 5.41) is 3.75. The van der Waals surface area contributed by atoms with E-state index in [9.17, 15) is 13.2 Å². The van der Waals surface area contributed by atoms with Crippen LogP contribution in [0.4, 0.5) is 0 Å². The van der Waals surface area contributed by atoms with Crippen molar-refractivity contribution >= 4 is 22.2 Å². The van der Waals surface area contributed by atoms with E-state index in [0.717, 1.165) is 5.56 Å². The Labute approximate surface area is 146 Å². The fourth-order valence-corrected chi connectivity index (χ4v) is 2.58. The number of hydrogen-bond acceptors (Lipinski definition) is 6. The molecule has 2 aromatic carbocycles. The molecule has 8 heteroatoms. The third-order valence-electron chi connectivity index (χ3n) is 3.18. The van der Waals surface area contributed by atoms with Crippen LogP contribution in [0.25, 0.3) is 0 Å². The monoisotopic (exact) mass is 362 g/mol. The molecule has 0 aliphatic heterocycles. The molecule has 0 saturated carbocycles. The number of sulfonamides is 1. The van der Waals surface area contributed by atoms with Gasteiger partial charge in [-0.1, -0.05) is 17.7 Å². The Morgan fingerprint density at radius 2 is 1.76 bits per heavy atom. The van der Waals surface area contributed by atoms with E-state index in [4.69, 9.17) is 4.74 Å². The maximum Gasteiger partial charge on any atom is 0.343 e. The second-order valence-electron chi connectivity index (χ2n) is 5.10. The van der Waals surface area contributed by atoms with Crippen molar-refractivity contribution in [3.8, 4) is 5.75 Å². The highest BCUT2D eigenvalue weighted by atomic mass is 32.2. The van der Waals surface area contributed by atoms with Crippen LogP contribution in [0.2, 0.25) is 0 Å². The number of carbonyl (C=O) groups excluding carboxylic acids is 1. The summed E-state index contributed by atoms with van der Waals surface area (Å²) in [7, 11) is -2.42. The van der Waals surface area contributed by atoms with Crippen molar-refractivity contribution in [1.82, 2.24) is 4.83 Å². The number of aryl methyl sites for hydroxylation is 1. The lowest BCUT2D eigenvalue weighted by Gasteiger charge is -2.05. The SMILES string of the molecule is COC(=O)COc1ccc(/C=N/NS(=O)(=O)c2ccc(C)cc2)cc1. The van der Waals surface area contributed by atoms with Crippen LogP contribution in [0.15, 0.2) is 58.5 Å². The van der Waals surface area contributed by atoms with Crippen LogP contribution in [-0.4, -0.2) is 34.3 Å². The van der Waals surface area contributed by atoms with Crippen LogP contribution in [0.1, 0.15) is 11.1 Å². The summed E-state index contributed by atoms with van der Waals surface area (Å²) in [6.07, 6.45) is 1.37. The maximum atomic E-state index is 12.1. The van der Waals surface area contributed by atoms with Gasteiger partial charge in [0.1, 0.15) is 5.75 Å². The molecule has 7 nitrogen and oxygen atoms in total. The van der Waals surface area contributed by atoms with Crippen LogP contribution >= 0.6 is 0 Å². The van der Waals surface area contributed by atoms with Crippen LogP contribution in [-0.2, 0) is 19.6 Å². The van der Waals surface area contributed by atoms with Gasteiger partial charge in [-0.15, -0.1) is 0 Å². The first-order chi connectivity index (χ1) is 11.9. The first-order valence-corrected chi connectivity index (χ1v) is 8.80. The zero-order valence-corrected chi connectivity index (χ0v) is 14.6. The standard InChI is InChI=1S/C17H18N2O5S/c1-13-3-9-16(10-4-13)25(21,22)19-18-11-14-5-7-15(8-6-14)24-12-17(20)23-2/h3-11,19H,12H2,1-2H3/b18-11+. The number of nitrogens with zero attached hydrogens (tertiary/aromatic N) is 1. The lowest BCUT2D eigenvalue weighted by atomic mass is 10.2. The van der Waals surface area contributed by atoms with Crippen molar-refractivity contribution in [2.45, 2.75) is 11.8 Å². The number of methoxy groups -OCH3 is 1. The zero-order valence-electron chi connectivity index (χ0n) is 13.8. The molecule has 0 unspecified atom stereocenters. The van der Waals surface area contributed by atoms with Crippen LogP contribution in [0.5, 0.6) is 5.75 Å². The van der Waals surface area contributed by atoms with Gasteiger partial charge < -0.3 is 9.47 Å². The molecule has 0 radical (unpaired) electrons. The molecular weight excluding hydrogens is 344 g/mol. The van der Waals surface area contributed by atoms with Crippen molar-refractivity contribution in [2.24, 2.45) is 5.10 Å². The predicted molar refractivity (Wildman–Crippen MR) is 93.0 cm³/mol. The van der Waals surface area contributed by atoms with Gasteiger partial charge in [-0.05, 0) is 48.9 Å². The molecule has 0 atom stereocenters. The van der Waals surface area contributed by atoms with Gasteiger partial charge in [-0.25, -0.2) is 9.63 Å². The number of benzene rings is 2. The summed E-state index contributed by atoms with van der Waals surface area (Å²) in [6.45, 7) is 1.70. The lowest BCUT2D eigenvalue weighted by molar-refractivity contribution is -0.142. The van der Waals surface area contributed by atoms with E-state index in [0.29, 0.717) is 11.3 Å². The Morgan fingerprint density at radius 1 is 1.12 bits per heavy atom. The van der Waals surface area contributed by atoms with E-state index in [1.165, 1.54) is 25.5 Å². The second kappa shape index (κ2) is 8.29. The summed E-state index contributed by atoms with van der Waals surface area (Å²) < 4.78 is 33.8. The Morgan fingerprint density at radius 3 is 2.36 bits per heavy atom. The van der Waals surface area contributed by atoms with Gasteiger partial charge in [0, 0.05) is 0 Å². The van der Waals surface area contributed by atoms with Crippen LogP contribution in [0.3, 0.4) is 0 Å². The molecule has 0 aliphatic rings. The third kappa shape index (κ3) is 5.61. The van der Waals surface area contributed by atoms with E-state index in [1.54, 1.807) is 36.4 Å². The Kier molecular flexibility index (Phi) is 6.13. The summed E-state index contributed by atoms with van der Waals surface area (Å²) in [5.74, 6) is 0.0129. The van der Waals surface area contributed by atoms with Crippen molar-refractivity contribution in [3.05, 3.63) is 59.7 Å². The quantitative estimate of drug-likeness (QED) is 0.461. The largest absolute Gasteiger partial charge is 0.482 e. The summed E-state index contributed by atoms with van der Waals surface area (Å²) in [5.41, 5.74) is 1.63. The maximum absolute atomic E-state index is 12.1. The van der Waals surface area contributed by atoms with E-state index in [-0.39, 0.29) is 11.5 Å². The summed E-state index contributed by atoms with van der Waals surface area (Å²) >= 11 is 0. The topological polar surface area (TPSA) is 94.1 Å². The minimum Gasteiger partial charge on any atom is -0.482 e. The number of ether oxygens (including phenoxy) is 2. The van der Waals surface area contributed by atoms with E-state index in [2.05, 4.69) is 14.7 Å². The van der Waals surface area contributed by atoms with Gasteiger partial charge in [0.2, 0.25) is 0 Å². The van der Waals surface area contributed by atoms with Crippen molar-refractivity contribution in [3.63, 3.8) is 0 Å². The smallest absolute Gasteiger partial charge is 0.343 e. The molecule has 2 aromatic rings. The number of carbonyl (C=O) groups is 1. The average molecular weight is 362 g/mol. The van der Waals surface area contributed by atoms with Gasteiger partial charge in [0.15, 0.2) is 6.61 Å². The molecule has 0 saturated heterocycles. The van der Waals surface area contributed by atoms with Gasteiger partial charge in [0.05, 0.1) is 18.2 Å². The minimum absolute atomic E-state index is 0.141. The molecule has 25 heavy (non-hydrogen) atoms. The van der Waals surface area contributed by atoms with Gasteiger partial charge in [0.25, 0.3) is 10.0 Å². The molecule has 0 heterocycles. The van der Waals surface area contributed by atoms with E-state index >= 15 is 0 Å². The fraction of sp³-hybridized carbons (Fsp3) is 0.176. The van der Waals surface area contributed by atoms with E-state index < -0.39 is 16.0 Å². The fourth-order valence-electron chi connectivity index (χ4n) is 1.79. The first kappa shape index (κ1) is 18.5. The van der Waals surface area contributed by atoms with Crippen LogP contribution < -0.4 is 9.57 Å². The summed E-state index contributed by atoms with van der Waals surface area (Å²) in [6, 6.07) is 13.1. The number of nitrogens with one attached hydrogen (secondary N) is 1. The van der Waals surface area contributed by atoms with Crippen molar-refractivity contribution in [1.29, 1.82) is 0 Å². The minimum atomic E-state index is -3.70. The second-order valence-corrected chi connectivity index (χ2v) is 6.76. The molecular formula is C17H18N2O5S. The average Bonchev–Trinajstić information content (AvgIpc) is 2.61. The molecule has 1 N–H and O–H groups in total. The molecule has 0 aliphatic carbocycles. The van der Waals surface area contributed by atoms with Gasteiger partial charge in [-0.2, -0.15) is 13.5 Å². The molecule has 0 amide bonds. The number of rotatable bonds is 7. The highest BCUT2D eigenvalue weighted by Gasteiger charge is 2.11. The lowest BCUT2D eigenvalue weighted by Crippen LogP contribution is -2.18. The van der Waals surface area contributed by atoms with Crippen molar-refractivity contribution < 1.29 is 22.7 Å². The predicted octanol–water partition coefficient (Wildman–Crippen LogP) is 1.86. The van der Waals surface area contributed by atoms with Crippen molar-refractivity contribution in [2.75, 3.05) is 13.7 Å². The first-order valence-electron chi connectivity index (χ1n) is 7.32. The Balaban J connectivity index is 1.95. The number of esters is 1. The molecule has 132 valence electrons. The zero-order chi connectivity index (χ0) is 18.3. The molecule has 0 bridgehead atoms. The molecule has 0 fully saturated rings. The third-order valence-corrected chi connectivity index (χ3v) is 4.42. The number of hydrogen-bond donors (Lipinski definition) is 1. The van der Waals surface area contributed by atoms with Gasteiger partial charge >= 0.3 is 5.97 Å². The van der Waals surface area contributed by atoms with Crippen LogP contribution in [0, 0.1) is 6.92 Å². The molecule has 0 aromatic heterocycles. The molecule has 2 rings (SSSR count). The van der Waals surface area contributed by atoms with Gasteiger partial charge in [-0.3, -0.25) is 0 Å². The Hall–Kier alpha value is -2.87. The molecule has 0 spiro atoms. The highest BCUT2D eigenvalue weighted by molar-refractivity contribution is 7.89. The normalized spacial score (nSPS) is 11.3. The number of hydrazone groups is 1. The van der Waals surface area contributed by atoms with E-state index in [1.807, 2.05) is 6.92 Å².